The van der Waals surface area contributed by atoms with Crippen LogP contribution in [0.3, 0.4) is 0 Å². The Balaban J connectivity index is 2.12. The average Bonchev–Trinajstić information content (AvgIpc) is 2.65. The molecule has 4 rings (SSSR count). The van der Waals surface area contributed by atoms with E-state index in [9.17, 15) is 10.2 Å². The molecule has 138 valence electrons. The van der Waals surface area contributed by atoms with Crippen molar-refractivity contribution in [3.05, 3.63) is 34.9 Å². The summed E-state index contributed by atoms with van der Waals surface area (Å²) in [5, 5.41) is 21.6. The molecule has 2 aromatic rings. The third-order valence-corrected chi connectivity index (χ3v) is 5.54. The van der Waals surface area contributed by atoms with E-state index in [0.717, 1.165) is 28.7 Å². The number of phenols is 1. The lowest BCUT2D eigenvalue weighted by Crippen LogP contribution is -2.38. The van der Waals surface area contributed by atoms with Crippen molar-refractivity contribution in [1.29, 1.82) is 0 Å². The van der Waals surface area contributed by atoms with Gasteiger partial charge in [0.1, 0.15) is 0 Å². The molecular weight excluding hydrogens is 334 g/mol. The highest BCUT2D eigenvalue weighted by Gasteiger charge is 2.40. The van der Waals surface area contributed by atoms with Gasteiger partial charge in [-0.25, -0.2) is 0 Å². The molecule has 1 aliphatic carbocycles. The van der Waals surface area contributed by atoms with E-state index in [1.807, 2.05) is 19.2 Å². The molecule has 0 bridgehead atoms. The highest BCUT2D eigenvalue weighted by atomic mass is 16.5. The van der Waals surface area contributed by atoms with Gasteiger partial charge in [0.2, 0.25) is 0 Å². The second-order valence-corrected chi connectivity index (χ2v) is 6.82. The standard InChI is InChI=1S/C20H23NO5/c1-21-9-13(22)11-8-15(25-3)19(23)18-16-10(7-12(21)17(11)18)5-6-14(24-2)20(16)26-4/h5-6,8,12-13,22-23H,7,9H2,1-4H3/t12-,13+/m0/s1. The van der Waals surface area contributed by atoms with E-state index in [-0.39, 0.29) is 11.8 Å². The molecule has 6 heteroatoms. The number of likely N-dealkylation sites (N-methyl/N-ethyl adjacent to an activating group) is 1. The molecule has 0 amide bonds. The van der Waals surface area contributed by atoms with E-state index in [2.05, 4.69) is 4.90 Å². The zero-order valence-corrected chi connectivity index (χ0v) is 15.4. The lowest BCUT2D eigenvalue weighted by atomic mass is 9.75. The molecule has 26 heavy (non-hydrogen) atoms. The van der Waals surface area contributed by atoms with Crippen LogP contribution in [0.15, 0.2) is 18.2 Å². The first-order chi connectivity index (χ1) is 12.5. The summed E-state index contributed by atoms with van der Waals surface area (Å²) >= 11 is 0. The molecule has 1 aliphatic heterocycles. The Hall–Kier alpha value is -2.44. The van der Waals surface area contributed by atoms with Crippen molar-refractivity contribution in [1.82, 2.24) is 4.90 Å². The molecular formula is C20H23NO5. The topological polar surface area (TPSA) is 71.4 Å². The smallest absolute Gasteiger partial charge is 0.168 e. The Labute approximate surface area is 152 Å². The maximum Gasteiger partial charge on any atom is 0.168 e. The van der Waals surface area contributed by atoms with E-state index in [0.29, 0.717) is 29.4 Å². The van der Waals surface area contributed by atoms with Gasteiger partial charge in [0.15, 0.2) is 23.0 Å². The fourth-order valence-corrected chi connectivity index (χ4v) is 4.32. The summed E-state index contributed by atoms with van der Waals surface area (Å²) in [5.74, 6) is 1.59. The Morgan fingerprint density at radius 3 is 2.42 bits per heavy atom. The van der Waals surface area contributed by atoms with Gasteiger partial charge in [-0.15, -0.1) is 0 Å². The van der Waals surface area contributed by atoms with Crippen molar-refractivity contribution < 1.29 is 24.4 Å². The summed E-state index contributed by atoms with van der Waals surface area (Å²) in [5.41, 5.74) is 4.26. The number of rotatable bonds is 3. The molecule has 0 aromatic heterocycles. The van der Waals surface area contributed by atoms with Gasteiger partial charge in [-0.05, 0) is 42.3 Å². The first-order valence-electron chi connectivity index (χ1n) is 8.58. The number of fused-ring (bicyclic) bond motifs is 2. The third kappa shape index (κ3) is 2.19. The van der Waals surface area contributed by atoms with Gasteiger partial charge >= 0.3 is 0 Å². The summed E-state index contributed by atoms with van der Waals surface area (Å²) in [6.07, 6.45) is 0.127. The molecule has 0 spiro atoms. The minimum Gasteiger partial charge on any atom is -0.504 e. The van der Waals surface area contributed by atoms with Crippen LogP contribution >= 0.6 is 0 Å². The average molecular weight is 357 g/mol. The SMILES string of the molecule is COc1cc2c3c(c1O)-c1c(ccc(OC)c1OC)C[C@@H]3N(C)C[C@H]2O. The first kappa shape index (κ1) is 17.0. The summed E-state index contributed by atoms with van der Waals surface area (Å²) in [4.78, 5) is 2.13. The van der Waals surface area contributed by atoms with Gasteiger partial charge in [-0.3, -0.25) is 4.90 Å². The van der Waals surface area contributed by atoms with Crippen LogP contribution in [0.4, 0.5) is 0 Å². The Morgan fingerprint density at radius 1 is 1.04 bits per heavy atom. The van der Waals surface area contributed by atoms with E-state index in [1.165, 1.54) is 7.11 Å². The number of hydrogen-bond acceptors (Lipinski definition) is 6. The van der Waals surface area contributed by atoms with Gasteiger partial charge in [-0.2, -0.15) is 0 Å². The van der Waals surface area contributed by atoms with Crippen molar-refractivity contribution in [3.8, 4) is 34.1 Å². The van der Waals surface area contributed by atoms with Crippen molar-refractivity contribution in [3.63, 3.8) is 0 Å². The summed E-state index contributed by atoms with van der Waals surface area (Å²) in [6, 6.07) is 5.72. The molecule has 6 nitrogen and oxygen atoms in total. The van der Waals surface area contributed by atoms with Gasteiger partial charge in [-0.1, -0.05) is 6.07 Å². The van der Waals surface area contributed by atoms with Crippen LogP contribution in [-0.2, 0) is 6.42 Å². The van der Waals surface area contributed by atoms with Crippen LogP contribution in [-0.4, -0.2) is 50.0 Å². The van der Waals surface area contributed by atoms with Crippen LogP contribution in [0.1, 0.15) is 28.8 Å². The number of aliphatic hydroxyl groups is 1. The van der Waals surface area contributed by atoms with Crippen molar-refractivity contribution in [2.45, 2.75) is 18.6 Å². The van der Waals surface area contributed by atoms with Crippen LogP contribution in [0.2, 0.25) is 0 Å². The summed E-state index contributed by atoms with van der Waals surface area (Å²) < 4.78 is 16.5. The fraction of sp³-hybridized carbons (Fsp3) is 0.400. The lowest BCUT2D eigenvalue weighted by Gasteiger charge is -2.42. The van der Waals surface area contributed by atoms with Gasteiger partial charge in [0, 0.05) is 23.7 Å². The minimum atomic E-state index is -0.641. The largest absolute Gasteiger partial charge is 0.504 e. The molecule has 0 saturated heterocycles. The second kappa shape index (κ2) is 6.07. The molecule has 2 aliphatic rings. The predicted molar refractivity (Wildman–Crippen MR) is 97.2 cm³/mol. The van der Waals surface area contributed by atoms with E-state index < -0.39 is 6.10 Å². The third-order valence-electron chi connectivity index (χ3n) is 5.54. The predicted octanol–water partition coefficient (Wildman–Crippen LogP) is 2.66. The van der Waals surface area contributed by atoms with Crippen LogP contribution < -0.4 is 14.2 Å². The number of β-amino-alcohol motifs (C(OH)–C–C–N with tert-alkyl or cyclic N) is 1. The molecule has 0 unspecified atom stereocenters. The van der Waals surface area contributed by atoms with Crippen molar-refractivity contribution in [2.24, 2.45) is 0 Å². The number of aromatic hydroxyl groups is 1. The highest BCUT2D eigenvalue weighted by Crippen LogP contribution is 2.56. The van der Waals surface area contributed by atoms with E-state index in [1.54, 1.807) is 20.3 Å². The normalized spacial score (nSPS) is 21.0. The maximum absolute atomic E-state index is 11.0. The van der Waals surface area contributed by atoms with E-state index in [4.69, 9.17) is 14.2 Å². The zero-order valence-electron chi connectivity index (χ0n) is 15.4. The van der Waals surface area contributed by atoms with Crippen molar-refractivity contribution in [2.75, 3.05) is 34.9 Å². The number of ether oxygens (including phenoxy) is 3. The fourth-order valence-electron chi connectivity index (χ4n) is 4.32. The molecule has 1 heterocycles. The van der Waals surface area contributed by atoms with Crippen LogP contribution in [0, 0.1) is 0 Å². The number of phenolic OH excluding ortho intramolecular Hbond substituents is 1. The molecule has 0 radical (unpaired) electrons. The number of nitrogens with zero attached hydrogens (tertiary/aromatic N) is 1. The van der Waals surface area contributed by atoms with E-state index >= 15 is 0 Å². The van der Waals surface area contributed by atoms with Gasteiger partial charge < -0.3 is 24.4 Å². The number of methoxy groups -OCH3 is 3. The van der Waals surface area contributed by atoms with Crippen LogP contribution in [0.5, 0.6) is 23.0 Å². The quantitative estimate of drug-likeness (QED) is 0.880. The highest BCUT2D eigenvalue weighted by molar-refractivity contribution is 5.88. The Morgan fingerprint density at radius 2 is 1.77 bits per heavy atom. The van der Waals surface area contributed by atoms with Crippen molar-refractivity contribution >= 4 is 0 Å². The number of benzene rings is 2. The monoisotopic (exact) mass is 357 g/mol. The summed E-state index contributed by atoms with van der Waals surface area (Å²) in [7, 11) is 6.69. The number of aliphatic hydroxyl groups excluding tert-OH is 1. The minimum absolute atomic E-state index is 0.0613. The molecule has 2 N–H and O–H groups in total. The van der Waals surface area contributed by atoms with Gasteiger partial charge in [0.25, 0.3) is 0 Å². The second-order valence-electron chi connectivity index (χ2n) is 6.82. The molecule has 2 atom stereocenters. The van der Waals surface area contributed by atoms with Gasteiger partial charge in [0.05, 0.1) is 27.4 Å². The lowest BCUT2D eigenvalue weighted by molar-refractivity contribution is 0.0828. The van der Waals surface area contributed by atoms with Crippen LogP contribution in [0.25, 0.3) is 11.1 Å². The maximum atomic E-state index is 11.0. The zero-order chi connectivity index (χ0) is 18.6. The molecule has 0 fully saturated rings. The Kier molecular flexibility index (Phi) is 3.97. The Bertz CT molecular complexity index is 879. The summed E-state index contributed by atoms with van der Waals surface area (Å²) in [6.45, 7) is 0.535. The molecule has 0 saturated carbocycles. The first-order valence-corrected chi connectivity index (χ1v) is 8.58. The number of hydrogen-bond donors (Lipinski definition) is 2. The molecule has 2 aromatic carbocycles.